The van der Waals surface area contributed by atoms with Crippen molar-refractivity contribution in [3.63, 3.8) is 0 Å². The van der Waals surface area contributed by atoms with Crippen LogP contribution in [-0.2, 0) is 11.2 Å². The standard InChI is InChI=1S/C22H32O2/c1-2-3-4-5-6-7-8-9-10-11-16-24-22-15-13-19-17-21(23)14-12-20(19)18-22/h12-15,18H,2-11,16-17H2,1H3. The summed E-state index contributed by atoms with van der Waals surface area (Å²) in [7, 11) is 0. The van der Waals surface area contributed by atoms with Crippen LogP contribution in [0.3, 0.4) is 0 Å². The Labute approximate surface area is 147 Å². The van der Waals surface area contributed by atoms with E-state index in [9.17, 15) is 4.79 Å². The zero-order valence-electron chi connectivity index (χ0n) is 15.2. The van der Waals surface area contributed by atoms with Crippen LogP contribution in [0.1, 0.15) is 82.3 Å². The van der Waals surface area contributed by atoms with Crippen molar-refractivity contribution in [2.45, 2.75) is 77.6 Å². The molecule has 1 aliphatic rings. The van der Waals surface area contributed by atoms with Crippen LogP contribution in [0.25, 0.3) is 6.08 Å². The molecule has 1 aromatic carbocycles. The average molecular weight is 328 g/mol. The third-order valence-corrected chi connectivity index (χ3v) is 4.70. The molecule has 0 aliphatic heterocycles. The van der Waals surface area contributed by atoms with E-state index in [1.54, 1.807) is 6.08 Å². The van der Waals surface area contributed by atoms with Gasteiger partial charge in [-0.15, -0.1) is 0 Å². The van der Waals surface area contributed by atoms with E-state index in [0.29, 0.717) is 6.42 Å². The average Bonchev–Trinajstić information content (AvgIpc) is 2.59. The first-order chi connectivity index (χ1) is 11.8. The van der Waals surface area contributed by atoms with Gasteiger partial charge in [-0.05, 0) is 35.8 Å². The first kappa shape index (κ1) is 18.8. The Morgan fingerprint density at radius 2 is 1.54 bits per heavy atom. The minimum absolute atomic E-state index is 0.182. The second kappa shape index (κ2) is 11.1. The van der Waals surface area contributed by atoms with Gasteiger partial charge in [0.15, 0.2) is 5.78 Å². The molecule has 0 amide bonds. The van der Waals surface area contributed by atoms with Crippen LogP contribution in [0.15, 0.2) is 24.3 Å². The second-order valence-electron chi connectivity index (χ2n) is 6.87. The molecule has 0 bridgehead atoms. The number of allylic oxidation sites excluding steroid dienone is 1. The smallest absolute Gasteiger partial charge is 0.160 e. The minimum atomic E-state index is 0.182. The summed E-state index contributed by atoms with van der Waals surface area (Å²) in [6.07, 6.45) is 17.5. The van der Waals surface area contributed by atoms with Crippen LogP contribution in [0.4, 0.5) is 0 Å². The summed E-state index contributed by atoms with van der Waals surface area (Å²) in [5.41, 5.74) is 2.23. The number of hydrogen-bond donors (Lipinski definition) is 0. The van der Waals surface area contributed by atoms with Gasteiger partial charge in [-0.25, -0.2) is 0 Å². The van der Waals surface area contributed by atoms with Crippen LogP contribution in [0.5, 0.6) is 5.75 Å². The Hall–Kier alpha value is -1.57. The highest BCUT2D eigenvalue weighted by atomic mass is 16.5. The van der Waals surface area contributed by atoms with Crippen LogP contribution < -0.4 is 4.74 Å². The van der Waals surface area contributed by atoms with Gasteiger partial charge in [0.2, 0.25) is 0 Å². The Morgan fingerprint density at radius 3 is 2.25 bits per heavy atom. The predicted octanol–water partition coefficient (Wildman–Crippen LogP) is 6.12. The van der Waals surface area contributed by atoms with Gasteiger partial charge in [-0.1, -0.05) is 76.9 Å². The molecule has 0 fully saturated rings. The molecule has 1 aliphatic carbocycles. The molecule has 0 aromatic heterocycles. The second-order valence-corrected chi connectivity index (χ2v) is 6.87. The summed E-state index contributed by atoms with van der Waals surface area (Å²) in [6, 6.07) is 6.06. The molecule has 0 radical (unpaired) electrons. The Kier molecular flexibility index (Phi) is 8.65. The molecule has 0 atom stereocenters. The maximum atomic E-state index is 11.4. The van der Waals surface area contributed by atoms with Gasteiger partial charge in [0.25, 0.3) is 0 Å². The van der Waals surface area contributed by atoms with Crippen molar-refractivity contribution in [2.75, 3.05) is 6.61 Å². The molecule has 0 saturated carbocycles. The number of fused-ring (bicyclic) bond motifs is 1. The lowest BCUT2D eigenvalue weighted by molar-refractivity contribution is -0.114. The van der Waals surface area contributed by atoms with Gasteiger partial charge in [0.05, 0.1) is 6.61 Å². The molecule has 2 heteroatoms. The van der Waals surface area contributed by atoms with Crippen LogP contribution >= 0.6 is 0 Å². The van der Waals surface area contributed by atoms with Gasteiger partial charge in [-0.3, -0.25) is 4.79 Å². The van der Waals surface area contributed by atoms with E-state index >= 15 is 0 Å². The SMILES string of the molecule is CCCCCCCCCCCCOc1ccc2c(c1)C=CC(=O)C2. The Balaban J connectivity index is 1.51. The molecular formula is C22H32O2. The van der Waals surface area contributed by atoms with Crippen molar-refractivity contribution in [1.82, 2.24) is 0 Å². The van der Waals surface area contributed by atoms with E-state index in [2.05, 4.69) is 13.0 Å². The van der Waals surface area contributed by atoms with E-state index in [-0.39, 0.29) is 5.78 Å². The van der Waals surface area contributed by atoms with Crippen molar-refractivity contribution in [3.8, 4) is 5.75 Å². The maximum absolute atomic E-state index is 11.4. The normalized spacial score (nSPS) is 13.1. The molecule has 0 unspecified atom stereocenters. The number of ether oxygens (including phenoxy) is 1. The van der Waals surface area contributed by atoms with Crippen molar-refractivity contribution < 1.29 is 9.53 Å². The first-order valence-electron chi connectivity index (χ1n) is 9.76. The molecule has 2 nitrogen and oxygen atoms in total. The van der Waals surface area contributed by atoms with Gasteiger partial charge in [-0.2, -0.15) is 0 Å². The molecular weight excluding hydrogens is 296 g/mol. The lowest BCUT2D eigenvalue weighted by Crippen LogP contribution is -2.05. The molecule has 24 heavy (non-hydrogen) atoms. The summed E-state index contributed by atoms with van der Waals surface area (Å²) >= 11 is 0. The number of hydrogen-bond acceptors (Lipinski definition) is 2. The number of ketones is 1. The predicted molar refractivity (Wildman–Crippen MR) is 102 cm³/mol. The zero-order valence-corrected chi connectivity index (χ0v) is 15.2. The van der Waals surface area contributed by atoms with Crippen LogP contribution in [0.2, 0.25) is 0 Å². The number of unbranched alkanes of at least 4 members (excludes halogenated alkanes) is 9. The van der Waals surface area contributed by atoms with Gasteiger partial charge in [0, 0.05) is 6.42 Å². The van der Waals surface area contributed by atoms with Crippen LogP contribution in [0, 0.1) is 0 Å². The lowest BCUT2D eigenvalue weighted by atomic mass is 9.96. The fourth-order valence-corrected chi connectivity index (χ4v) is 3.19. The van der Waals surface area contributed by atoms with E-state index in [1.165, 1.54) is 57.8 Å². The lowest BCUT2D eigenvalue weighted by Gasteiger charge is -2.12. The quantitative estimate of drug-likeness (QED) is 0.432. The summed E-state index contributed by atoms with van der Waals surface area (Å²) in [5.74, 6) is 1.10. The molecule has 0 heterocycles. The number of carbonyl (C=O) groups is 1. The molecule has 0 N–H and O–H groups in total. The van der Waals surface area contributed by atoms with Gasteiger partial charge >= 0.3 is 0 Å². The third kappa shape index (κ3) is 6.90. The van der Waals surface area contributed by atoms with Crippen molar-refractivity contribution in [2.24, 2.45) is 0 Å². The van der Waals surface area contributed by atoms with Crippen molar-refractivity contribution >= 4 is 11.9 Å². The van der Waals surface area contributed by atoms with Gasteiger partial charge in [0.1, 0.15) is 5.75 Å². The fraction of sp³-hybridized carbons (Fsp3) is 0.591. The number of carbonyl (C=O) groups excluding carboxylic acids is 1. The summed E-state index contributed by atoms with van der Waals surface area (Å²) in [4.78, 5) is 11.4. The Bertz CT molecular complexity index is 531. The highest BCUT2D eigenvalue weighted by Gasteiger charge is 2.10. The highest BCUT2D eigenvalue weighted by molar-refractivity contribution is 5.98. The van der Waals surface area contributed by atoms with E-state index in [1.807, 2.05) is 18.2 Å². The summed E-state index contributed by atoms with van der Waals surface area (Å²) in [6.45, 7) is 3.06. The molecule has 0 saturated heterocycles. The minimum Gasteiger partial charge on any atom is -0.494 e. The van der Waals surface area contributed by atoms with E-state index < -0.39 is 0 Å². The highest BCUT2D eigenvalue weighted by Crippen LogP contribution is 2.23. The summed E-state index contributed by atoms with van der Waals surface area (Å²) in [5, 5.41) is 0. The topological polar surface area (TPSA) is 26.3 Å². The fourth-order valence-electron chi connectivity index (χ4n) is 3.19. The summed E-state index contributed by atoms with van der Waals surface area (Å²) < 4.78 is 5.85. The molecule has 132 valence electrons. The van der Waals surface area contributed by atoms with Crippen molar-refractivity contribution in [1.29, 1.82) is 0 Å². The molecule has 1 aromatic rings. The zero-order chi connectivity index (χ0) is 17.0. The maximum Gasteiger partial charge on any atom is 0.160 e. The Morgan fingerprint density at radius 1 is 0.875 bits per heavy atom. The van der Waals surface area contributed by atoms with E-state index in [0.717, 1.165) is 29.9 Å². The first-order valence-corrected chi connectivity index (χ1v) is 9.76. The van der Waals surface area contributed by atoms with Crippen molar-refractivity contribution in [3.05, 3.63) is 35.4 Å². The van der Waals surface area contributed by atoms with Crippen LogP contribution in [-0.4, -0.2) is 12.4 Å². The molecule has 0 spiro atoms. The largest absolute Gasteiger partial charge is 0.494 e. The molecule has 2 rings (SSSR count). The van der Waals surface area contributed by atoms with E-state index in [4.69, 9.17) is 4.74 Å². The number of benzene rings is 1. The monoisotopic (exact) mass is 328 g/mol. The number of rotatable bonds is 12. The third-order valence-electron chi connectivity index (χ3n) is 4.70. The van der Waals surface area contributed by atoms with Gasteiger partial charge < -0.3 is 4.74 Å².